The lowest BCUT2D eigenvalue weighted by atomic mass is 10.0. The predicted molar refractivity (Wildman–Crippen MR) is 125 cm³/mol. The number of benzene rings is 3. The average molecular weight is 453 g/mol. The maximum atomic E-state index is 14.4. The van der Waals surface area contributed by atoms with Gasteiger partial charge in [-0.15, -0.1) is 0 Å². The van der Waals surface area contributed by atoms with Gasteiger partial charge >= 0.3 is 0 Å². The third kappa shape index (κ3) is 6.17. The molecule has 2 amide bonds. The molecule has 6 heteroatoms. The van der Waals surface area contributed by atoms with E-state index in [1.54, 1.807) is 6.07 Å². The second-order valence-electron chi connectivity index (χ2n) is 7.48. The highest BCUT2D eigenvalue weighted by molar-refractivity contribution is 6.31. The van der Waals surface area contributed by atoms with Gasteiger partial charge in [-0.1, -0.05) is 78.3 Å². The molecule has 1 unspecified atom stereocenters. The summed E-state index contributed by atoms with van der Waals surface area (Å²) in [5, 5.41) is 3.03. The van der Waals surface area contributed by atoms with Crippen molar-refractivity contribution in [3.8, 4) is 0 Å². The van der Waals surface area contributed by atoms with E-state index in [4.69, 9.17) is 11.6 Å². The summed E-state index contributed by atoms with van der Waals surface area (Å²) in [6.07, 6.45) is 0.110. The number of rotatable bonds is 9. The molecule has 32 heavy (non-hydrogen) atoms. The Kier molecular flexibility index (Phi) is 8.40. The predicted octanol–water partition coefficient (Wildman–Crippen LogP) is 4.80. The third-order valence-corrected chi connectivity index (χ3v) is 5.56. The molecule has 3 aromatic carbocycles. The molecule has 0 spiro atoms. The summed E-state index contributed by atoms with van der Waals surface area (Å²) in [7, 11) is 0. The molecular formula is C26H26ClFN2O2. The average Bonchev–Trinajstić information content (AvgIpc) is 2.80. The van der Waals surface area contributed by atoms with Crippen molar-refractivity contribution in [1.82, 2.24) is 10.2 Å². The monoisotopic (exact) mass is 452 g/mol. The van der Waals surface area contributed by atoms with Gasteiger partial charge in [0.25, 0.3) is 0 Å². The van der Waals surface area contributed by atoms with E-state index < -0.39 is 11.9 Å². The van der Waals surface area contributed by atoms with Gasteiger partial charge < -0.3 is 10.2 Å². The smallest absolute Gasteiger partial charge is 0.243 e. The largest absolute Gasteiger partial charge is 0.355 e. The lowest BCUT2D eigenvalue weighted by Crippen LogP contribution is -2.51. The number of carbonyl (C=O) groups excluding carboxylic acids is 2. The number of carbonyl (C=O) groups is 2. The van der Waals surface area contributed by atoms with E-state index in [9.17, 15) is 14.0 Å². The number of nitrogens with zero attached hydrogens (tertiary/aromatic N) is 1. The number of likely N-dealkylation sites (N-methyl/N-ethyl adjacent to an activating group) is 1. The van der Waals surface area contributed by atoms with Crippen molar-refractivity contribution in [2.45, 2.75) is 32.4 Å². The minimum Gasteiger partial charge on any atom is -0.355 e. The molecular weight excluding hydrogens is 427 g/mol. The van der Waals surface area contributed by atoms with Gasteiger partial charge in [0.05, 0.1) is 6.42 Å². The highest BCUT2D eigenvalue weighted by Crippen LogP contribution is 2.22. The lowest BCUT2D eigenvalue weighted by molar-refractivity contribution is -0.140. The summed E-state index contributed by atoms with van der Waals surface area (Å²) in [6.45, 7) is 2.50. The van der Waals surface area contributed by atoms with Gasteiger partial charge in [-0.05, 0) is 30.2 Å². The number of hydrogen-bond acceptors (Lipinski definition) is 2. The van der Waals surface area contributed by atoms with E-state index in [1.807, 2.05) is 67.6 Å². The van der Waals surface area contributed by atoms with Crippen LogP contribution < -0.4 is 5.32 Å². The first kappa shape index (κ1) is 23.5. The topological polar surface area (TPSA) is 49.4 Å². The summed E-state index contributed by atoms with van der Waals surface area (Å²) in [6, 6.07) is 22.6. The Balaban J connectivity index is 1.97. The summed E-state index contributed by atoms with van der Waals surface area (Å²) in [5.41, 5.74) is 1.94. The zero-order valence-corrected chi connectivity index (χ0v) is 18.7. The molecule has 0 aliphatic heterocycles. The molecule has 0 bridgehead atoms. The van der Waals surface area contributed by atoms with E-state index in [0.717, 1.165) is 11.1 Å². The summed E-state index contributed by atoms with van der Waals surface area (Å²) in [4.78, 5) is 28.1. The van der Waals surface area contributed by atoms with Crippen LogP contribution in [0.5, 0.6) is 0 Å². The molecule has 0 heterocycles. The van der Waals surface area contributed by atoms with E-state index >= 15 is 0 Å². The molecule has 0 saturated carbocycles. The van der Waals surface area contributed by atoms with Gasteiger partial charge in [0.1, 0.15) is 11.9 Å². The third-order valence-electron chi connectivity index (χ3n) is 5.21. The van der Waals surface area contributed by atoms with Crippen LogP contribution in [0.1, 0.15) is 23.6 Å². The number of amides is 2. The minimum atomic E-state index is -0.754. The van der Waals surface area contributed by atoms with Crippen molar-refractivity contribution in [3.63, 3.8) is 0 Å². The zero-order chi connectivity index (χ0) is 22.9. The van der Waals surface area contributed by atoms with E-state index in [-0.39, 0.29) is 35.4 Å². The molecule has 0 saturated heterocycles. The molecule has 4 nitrogen and oxygen atoms in total. The molecule has 0 aliphatic carbocycles. The fourth-order valence-corrected chi connectivity index (χ4v) is 3.81. The Morgan fingerprint density at radius 2 is 1.56 bits per heavy atom. The van der Waals surface area contributed by atoms with Gasteiger partial charge in [-0.3, -0.25) is 9.59 Å². The van der Waals surface area contributed by atoms with Gasteiger partial charge in [-0.25, -0.2) is 4.39 Å². The number of nitrogens with one attached hydrogen (secondary N) is 1. The molecule has 3 rings (SSSR count). The second kappa shape index (κ2) is 11.4. The first-order valence-electron chi connectivity index (χ1n) is 10.6. The van der Waals surface area contributed by atoms with E-state index in [0.29, 0.717) is 13.0 Å². The summed E-state index contributed by atoms with van der Waals surface area (Å²) < 4.78 is 14.4. The molecule has 0 radical (unpaired) electrons. The summed E-state index contributed by atoms with van der Waals surface area (Å²) in [5.74, 6) is -1.16. The molecule has 0 aromatic heterocycles. The van der Waals surface area contributed by atoms with Crippen molar-refractivity contribution >= 4 is 23.4 Å². The Labute approximate surface area is 193 Å². The SMILES string of the molecule is CCNC(=O)C(Cc1ccccc1)N(Cc1ccccc1)C(=O)Cc1c(F)cccc1Cl. The minimum absolute atomic E-state index is 0.131. The van der Waals surface area contributed by atoms with Crippen LogP contribution in [-0.4, -0.2) is 29.3 Å². The standard InChI is InChI=1S/C26H26ClFN2O2/c1-2-29-26(32)24(16-19-10-5-3-6-11-19)30(18-20-12-7-4-8-13-20)25(31)17-21-22(27)14-9-15-23(21)28/h3-15,24H,2,16-18H2,1H3,(H,29,32). The second-order valence-corrected chi connectivity index (χ2v) is 7.89. The van der Waals surface area contributed by atoms with Crippen LogP contribution in [0.4, 0.5) is 4.39 Å². The maximum absolute atomic E-state index is 14.4. The zero-order valence-electron chi connectivity index (χ0n) is 17.9. The van der Waals surface area contributed by atoms with E-state index in [2.05, 4.69) is 5.32 Å². The Bertz CT molecular complexity index is 1020. The lowest BCUT2D eigenvalue weighted by Gasteiger charge is -2.31. The van der Waals surface area contributed by atoms with Crippen LogP contribution in [0.2, 0.25) is 5.02 Å². The van der Waals surface area contributed by atoms with Crippen molar-refractivity contribution < 1.29 is 14.0 Å². The van der Waals surface area contributed by atoms with Crippen molar-refractivity contribution in [1.29, 1.82) is 0 Å². The van der Waals surface area contributed by atoms with Gasteiger partial charge in [0.2, 0.25) is 11.8 Å². The fraction of sp³-hybridized carbons (Fsp3) is 0.231. The van der Waals surface area contributed by atoms with E-state index in [1.165, 1.54) is 17.0 Å². The summed E-state index contributed by atoms with van der Waals surface area (Å²) >= 11 is 6.17. The van der Waals surface area contributed by atoms with Crippen molar-refractivity contribution in [2.75, 3.05) is 6.54 Å². The Morgan fingerprint density at radius 3 is 2.16 bits per heavy atom. The van der Waals surface area contributed by atoms with Crippen LogP contribution in [0, 0.1) is 5.82 Å². The highest BCUT2D eigenvalue weighted by atomic mass is 35.5. The quantitative estimate of drug-likeness (QED) is 0.507. The number of halogens is 2. The van der Waals surface area contributed by atoms with Crippen molar-refractivity contribution in [3.05, 3.63) is 106 Å². The highest BCUT2D eigenvalue weighted by Gasteiger charge is 2.30. The van der Waals surface area contributed by atoms with Gasteiger partial charge in [0.15, 0.2) is 0 Å². The van der Waals surface area contributed by atoms with Crippen LogP contribution >= 0.6 is 11.6 Å². The first-order valence-corrected chi connectivity index (χ1v) is 10.9. The van der Waals surface area contributed by atoms with Crippen LogP contribution in [0.3, 0.4) is 0 Å². The molecule has 3 aromatic rings. The van der Waals surface area contributed by atoms with Crippen molar-refractivity contribution in [2.24, 2.45) is 0 Å². The Hall–Kier alpha value is -3.18. The molecule has 0 aliphatic rings. The fourth-order valence-electron chi connectivity index (χ4n) is 3.58. The Morgan fingerprint density at radius 1 is 0.938 bits per heavy atom. The maximum Gasteiger partial charge on any atom is 0.243 e. The van der Waals surface area contributed by atoms with Gasteiger partial charge in [0, 0.05) is 30.1 Å². The number of hydrogen-bond donors (Lipinski definition) is 1. The molecule has 166 valence electrons. The molecule has 1 atom stereocenters. The van der Waals surface area contributed by atoms with Gasteiger partial charge in [-0.2, -0.15) is 0 Å². The van der Waals surface area contributed by atoms with Crippen LogP contribution in [0.15, 0.2) is 78.9 Å². The molecule has 0 fully saturated rings. The van der Waals surface area contributed by atoms with Crippen LogP contribution in [0.25, 0.3) is 0 Å². The van der Waals surface area contributed by atoms with Crippen LogP contribution in [-0.2, 0) is 29.0 Å². The normalized spacial score (nSPS) is 11.6. The molecule has 1 N–H and O–H groups in total. The first-order chi connectivity index (χ1) is 15.5.